The Morgan fingerprint density at radius 1 is 1.21 bits per heavy atom. The summed E-state index contributed by atoms with van der Waals surface area (Å²) in [5.41, 5.74) is 3.24. The monoisotopic (exact) mass is 265 g/mol. The molecule has 0 aliphatic carbocycles. The third-order valence-electron chi connectivity index (χ3n) is 3.72. The van der Waals surface area contributed by atoms with Crippen LogP contribution in [0.25, 0.3) is 0 Å². The number of likely N-dealkylation sites (N-methyl/N-ethyl adjacent to an activating group) is 1. The molecule has 1 aliphatic rings. The second-order valence-corrected chi connectivity index (χ2v) is 5.20. The summed E-state index contributed by atoms with van der Waals surface area (Å²) in [4.78, 5) is 0. The molecule has 4 nitrogen and oxygen atoms in total. The summed E-state index contributed by atoms with van der Waals surface area (Å²) < 4.78 is 17.2. The molecule has 2 rings (SSSR count). The quantitative estimate of drug-likeness (QED) is 0.908. The van der Waals surface area contributed by atoms with E-state index in [-0.39, 0.29) is 6.04 Å². The molecule has 0 bridgehead atoms. The zero-order valence-corrected chi connectivity index (χ0v) is 12.4. The van der Waals surface area contributed by atoms with E-state index < -0.39 is 5.79 Å². The first-order chi connectivity index (χ1) is 9.00. The normalized spacial score (nSPS) is 27.3. The van der Waals surface area contributed by atoms with Crippen LogP contribution in [0.2, 0.25) is 0 Å². The molecular formula is C15H23NO3. The van der Waals surface area contributed by atoms with Crippen LogP contribution in [0.4, 0.5) is 0 Å². The van der Waals surface area contributed by atoms with Crippen molar-refractivity contribution in [1.82, 2.24) is 5.32 Å². The van der Waals surface area contributed by atoms with Gasteiger partial charge in [-0.2, -0.15) is 0 Å². The highest BCUT2D eigenvalue weighted by Crippen LogP contribution is 2.34. The van der Waals surface area contributed by atoms with Gasteiger partial charge in [0.05, 0.1) is 26.4 Å². The topological polar surface area (TPSA) is 39.7 Å². The molecule has 106 valence electrons. The lowest BCUT2D eigenvalue weighted by Gasteiger charge is -2.38. The van der Waals surface area contributed by atoms with Crippen LogP contribution < -0.4 is 10.1 Å². The lowest BCUT2D eigenvalue weighted by molar-refractivity contribution is -0.272. The first kappa shape index (κ1) is 14.3. The zero-order valence-electron chi connectivity index (χ0n) is 12.4. The number of hydrogen-bond acceptors (Lipinski definition) is 4. The van der Waals surface area contributed by atoms with E-state index in [4.69, 9.17) is 14.2 Å². The lowest BCUT2D eigenvalue weighted by Crippen LogP contribution is -2.47. The van der Waals surface area contributed by atoms with Crippen LogP contribution in [0.1, 0.15) is 23.6 Å². The standard InChI is InChI=1S/C15H23NO3/c1-10-6-12(7-11(2)14(10)17-5)15(3)18-8-13(16-4)9-19-15/h6-7,13,16H,8-9H2,1-5H3. The summed E-state index contributed by atoms with van der Waals surface area (Å²) in [6.45, 7) is 7.35. The van der Waals surface area contributed by atoms with Crippen LogP contribution in [0.5, 0.6) is 5.75 Å². The van der Waals surface area contributed by atoms with Crippen molar-refractivity contribution in [3.8, 4) is 5.75 Å². The Kier molecular flexibility index (Phi) is 4.13. The summed E-state index contributed by atoms with van der Waals surface area (Å²) in [5.74, 6) is 0.256. The van der Waals surface area contributed by atoms with Crippen molar-refractivity contribution >= 4 is 0 Å². The van der Waals surface area contributed by atoms with Gasteiger partial charge in [0.25, 0.3) is 0 Å². The van der Waals surface area contributed by atoms with Crippen molar-refractivity contribution in [2.75, 3.05) is 27.4 Å². The Hall–Kier alpha value is -1.10. The van der Waals surface area contributed by atoms with Gasteiger partial charge in [-0.15, -0.1) is 0 Å². The molecule has 1 N–H and O–H groups in total. The van der Waals surface area contributed by atoms with Crippen molar-refractivity contribution in [2.24, 2.45) is 0 Å². The Labute approximate surface area is 115 Å². The average molecular weight is 265 g/mol. The van der Waals surface area contributed by atoms with E-state index in [1.807, 2.05) is 27.8 Å². The Bertz CT molecular complexity index is 428. The highest BCUT2D eigenvalue weighted by molar-refractivity contribution is 5.44. The SMILES string of the molecule is CNC1COC(C)(c2cc(C)c(OC)c(C)c2)OC1. The molecular weight excluding hydrogens is 242 g/mol. The molecule has 0 saturated carbocycles. The molecule has 19 heavy (non-hydrogen) atoms. The van der Waals surface area contributed by atoms with Gasteiger partial charge in [0.1, 0.15) is 5.75 Å². The fourth-order valence-corrected chi connectivity index (χ4v) is 2.48. The molecule has 0 unspecified atom stereocenters. The maximum atomic E-state index is 5.91. The zero-order chi connectivity index (χ0) is 14.0. The fraction of sp³-hybridized carbons (Fsp3) is 0.600. The molecule has 0 amide bonds. The smallest absolute Gasteiger partial charge is 0.192 e. The molecule has 0 aromatic heterocycles. The minimum absolute atomic E-state index is 0.258. The Balaban J connectivity index is 2.27. The highest BCUT2D eigenvalue weighted by Gasteiger charge is 2.35. The van der Waals surface area contributed by atoms with Crippen LogP contribution in [0.15, 0.2) is 12.1 Å². The molecule has 1 saturated heterocycles. The number of ether oxygens (including phenoxy) is 3. The third-order valence-corrected chi connectivity index (χ3v) is 3.72. The molecule has 1 aromatic rings. The van der Waals surface area contributed by atoms with Gasteiger partial charge >= 0.3 is 0 Å². The highest BCUT2D eigenvalue weighted by atomic mass is 16.7. The van der Waals surface area contributed by atoms with Crippen LogP contribution in [0, 0.1) is 13.8 Å². The van der Waals surface area contributed by atoms with Crippen molar-refractivity contribution in [3.63, 3.8) is 0 Å². The van der Waals surface area contributed by atoms with Gasteiger partial charge in [0, 0.05) is 5.56 Å². The van der Waals surface area contributed by atoms with E-state index in [0.29, 0.717) is 13.2 Å². The summed E-state index contributed by atoms with van der Waals surface area (Å²) >= 11 is 0. The van der Waals surface area contributed by atoms with Crippen molar-refractivity contribution in [1.29, 1.82) is 0 Å². The molecule has 1 aliphatic heterocycles. The van der Waals surface area contributed by atoms with Crippen molar-refractivity contribution < 1.29 is 14.2 Å². The summed E-state index contributed by atoms with van der Waals surface area (Å²) in [5, 5.41) is 3.16. The van der Waals surface area contributed by atoms with Gasteiger partial charge in [0.2, 0.25) is 0 Å². The largest absolute Gasteiger partial charge is 0.496 e. The predicted molar refractivity (Wildman–Crippen MR) is 74.6 cm³/mol. The number of nitrogens with one attached hydrogen (secondary N) is 1. The van der Waals surface area contributed by atoms with Gasteiger partial charge in [-0.25, -0.2) is 0 Å². The van der Waals surface area contributed by atoms with Gasteiger partial charge in [0.15, 0.2) is 5.79 Å². The molecule has 1 heterocycles. The minimum atomic E-state index is -0.671. The number of rotatable bonds is 3. The van der Waals surface area contributed by atoms with E-state index in [2.05, 4.69) is 17.4 Å². The van der Waals surface area contributed by atoms with E-state index in [1.54, 1.807) is 7.11 Å². The van der Waals surface area contributed by atoms with Crippen LogP contribution in [-0.2, 0) is 15.3 Å². The molecule has 1 fully saturated rings. The van der Waals surface area contributed by atoms with Crippen LogP contribution in [0.3, 0.4) is 0 Å². The maximum absolute atomic E-state index is 5.91. The number of aryl methyl sites for hydroxylation is 2. The number of benzene rings is 1. The van der Waals surface area contributed by atoms with Crippen molar-refractivity contribution in [3.05, 3.63) is 28.8 Å². The fourth-order valence-electron chi connectivity index (χ4n) is 2.48. The van der Waals surface area contributed by atoms with Gasteiger partial charge in [-0.05, 0) is 51.1 Å². The molecule has 4 heteroatoms. The second-order valence-electron chi connectivity index (χ2n) is 5.20. The average Bonchev–Trinajstić information content (AvgIpc) is 2.39. The summed E-state index contributed by atoms with van der Waals surface area (Å²) in [7, 11) is 3.61. The first-order valence-electron chi connectivity index (χ1n) is 6.61. The van der Waals surface area contributed by atoms with E-state index in [9.17, 15) is 0 Å². The van der Waals surface area contributed by atoms with E-state index >= 15 is 0 Å². The van der Waals surface area contributed by atoms with Crippen LogP contribution in [-0.4, -0.2) is 33.4 Å². The number of hydrogen-bond donors (Lipinski definition) is 1. The summed E-state index contributed by atoms with van der Waals surface area (Å²) in [6.07, 6.45) is 0. The maximum Gasteiger partial charge on any atom is 0.192 e. The summed E-state index contributed by atoms with van der Waals surface area (Å²) in [6, 6.07) is 4.41. The minimum Gasteiger partial charge on any atom is -0.496 e. The Morgan fingerprint density at radius 3 is 2.16 bits per heavy atom. The van der Waals surface area contributed by atoms with E-state index in [0.717, 1.165) is 22.4 Å². The molecule has 1 aromatic carbocycles. The molecule has 0 spiro atoms. The predicted octanol–water partition coefficient (Wildman–Crippen LogP) is 2.12. The third kappa shape index (κ3) is 2.76. The van der Waals surface area contributed by atoms with Crippen molar-refractivity contribution in [2.45, 2.75) is 32.6 Å². The Morgan fingerprint density at radius 2 is 1.74 bits per heavy atom. The van der Waals surface area contributed by atoms with E-state index in [1.165, 1.54) is 0 Å². The second kappa shape index (κ2) is 5.49. The number of methoxy groups -OCH3 is 1. The molecule has 0 atom stereocenters. The first-order valence-corrected chi connectivity index (χ1v) is 6.61. The van der Waals surface area contributed by atoms with Gasteiger partial charge in [-0.3, -0.25) is 0 Å². The van der Waals surface area contributed by atoms with Gasteiger partial charge in [-0.1, -0.05) is 0 Å². The molecule has 0 radical (unpaired) electrons. The van der Waals surface area contributed by atoms with Gasteiger partial charge < -0.3 is 19.5 Å². The van der Waals surface area contributed by atoms with Crippen LogP contribution >= 0.6 is 0 Å². The lowest BCUT2D eigenvalue weighted by atomic mass is 9.99.